The number of carbonyl (C=O) groups is 2. The molecule has 0 aliphatic rings. The highest BCUT2D eigenvalue weighted by molar-refractivity contribution is 6.03. The number of pyridine rings is 1. The molecule has 0 fully saturated rings. The van der Waals surface area contributed by atoms with Crippen LogP contribution in [-0.2, 0) is 0 Å². The van der Waals surface area contributed by atoms with Crippen molar-refractivity contribution < 1.29 is 9.59 Å². The lowest BCUT2D eigenvalue weighted by Gasteiger charge is -2.21. The summed E-state index contributed by atoms with van der Waals surface area (Å²) < 4.78 is 0. The topological polar surface area (TPSA) is 65.5 Å². The molecule has 2 aromatic rings. The van der Waals surface area contributed by atoms with Gasteiger partial charge in [0.1, 0.15) is 11.4 Å². The van der Waals surface area contributed by atoms with E-state index in [1.807, 2.05) is 38.1 Å². The second kappa shape index (κ2) is 11.2. The summed E-state index contributed by atoms with van der Waals surface area (Å²) in [4.78, 5) is 33.7. The summed E-state index contributed by atoms with van der Waals surface area (Å²) in [6.45, 7) is 11.5. The molecule has 0 aliphatic heterocycles. The first kappa shape index (κ1) is 22.4. The first-order valence-electron chi connectivity index (χ1n) is 10.5. The number of nitrogens with zero attached hydrogens (tertiary/aromatic N) is 3. The van der Waals surface area contributed by atoms with Crippen molar-refractivity contribution in [2.75, 3.05) is 36.4 Å². The Labute approximate surface area is 173 Å². The number of rotatable bonds is 10. The van der Waals surface area contributed by atoms with Gasteiger partial charge < -0.3 is 15.1 Å². The molecular weight excluding hydrogens is 364 g/mol. The third-order valence-electron chi connectivity index (χ3n) is 4.73. The van der Waals surface area contributed by atoms with E-state index < -0.39 is 0 Å². The molecule has 2 rings (SSSR count). The number of amides is 2. The maximum absolute atomic E-state index is 12.7. The minimum absolute atomic E-state index is 0.132. The van der Waals surface area contributed by atoms with Crippen molar-refractivity contribution in [3.05, 3.63) is 53.9 Å². The molecular formula is C23H32N4O2. The molecule has 1 aromatic heterocycles. The van der Waals surface area contributed by atoms with E-state index >= 15 is 0 Å². The Morgan fingerprint density at radius 1 is 0.862 bits per heavy atom. The SMILES string of the molecule is CCCN(CCC)C(=O)c1cccc(C(=O)Nc2ccc(N(CC)CC)cc2)n1. The number of hydrogen-bond acceptors (Lipinski definition) is 4. The third-order valence-corrected chi connectivity index (χ3v) is 4.73. The summed E-state index contributed by atoms with van der Waals surface area (Å²) in [6.07, 6.45) is 1.77. The average Bonchev–Trinajstić information content (AvgIpc) is 2.75. The quantitative estimate of drug-likeness (QED) is 0.645. The molecule has 6 heteroatoms. The lowest BCUT2D eigenvalue weighted by Crippen LogP contribution is -2.33. The van der Waals surface area contributed by atoms with Gasteiger partial charge in [-0.25, -0.2) is 4.98 Å². The van der Waals surface area contributed by atoms with Crippen LogP contribution in [0.25, 0.3) is 0 Å². The molecule has 0 radical (unpaired) electrons. The summed E-state index contributed by atoms with van der Waals surface area (Å²) in [5.74, 6) is -0.459. The summed E-state index contributed by atoms with van der Waals surface area (Å²) in [6, 6.07) is 12.7. The first-order valence-corrected chi connectivity index (χ1v) is 10.5. The normalized spacial score (nSPS) is 10.5. The highest BCUT2D eigenvalue weighted by Crippen LogP contribution is 2.18. The molecule has 1 N–H and O–H groups in total. The maximum atomic E-state index is 12.7. The lowest BCUT2D eigenvalue weighted by molar-refractivity contribution is 0.0749. The Balaban J connectivity index is 2.11. The fourth-order valence-corrected chi connectivity index (χ4v) is 3.24. The van der Waals surface area contributed by atoms with Crippen molar-refractivity contribution in [1.29, 1.82) is 0 Å². The van der Waals surface area contributed by atoms with Gasteiger partial charge in [-0.1, -0.05) is 19.9 Å². The van der Waals surface area contributed by atoms with Crippen LogP contribution >= 0.6 is 0 Å². The maximum Gasteiger partial charge on any atom is 0.274 e. The van der Waals surface area contributed by atoms with Crippen LogP contribution in [0.2, 0.25) is 0 Å². The van der Waals surface area contributed by atoms with Crippen molar-refractivity contribution in [3.63, 3.8) is 0 Å². The van der Waals surface area contributed by atoms with Crippen molar-refractivity contribution in [2.45, 2.75) is 40.5 Å². The average molecular weight is 397 g/mol. The van der Waals surface area contributed by atoms with Gasteiger partial charge in [0, 0.05) is 37.6 Å². The van der Waals surface area contributed by atoms with E-state index in [0.29, 0.717) is 24.5 Å². The number of anilines is 2. The van der Waals surface area contributed by atoms with E-state index in [9.17, 15) is 9.59 Å². The lowest BCUT2D eigenvalue weighted by atomic mass is 10.2. The number of hydrogen-bond donors (Lipinski definition) is 1. The largest absolute Gasteiger partial charge is 0.372 e. The van der Waals surface area contributed by atoms with Crippen molar-refractivity contribution in [1.82, 2.24) is 9.88 Å². The van der Waals surface area contributed by atoms with E-state index in [-0.39, 0.29) is 17.5 Å². The van der Waals surface area contributed by atoms with Crippen molar-refractivity contribution in [2.24, 2.45) is 0 Å². The van der Waals surface area contributed by atoms with Gasteiger partial charge in [-0.2, -0.15) is 0 Å². The van der Waals surface area contributed by atoms with Gasteiger partial charge in [-0.3, -0.25) is 9.59 Å². The number of carbonyl (C=O) groups excluding carboxylic acids is 2. The van der Waals surface area contributed by atoms with Crippen LogP contribution < -0.4 is 10.2 Å². The molecule has 2 amide bonds. The Hall–Kier alpha value is -2.89. The Kier molecular flexibility index (Phi) is 8.65. The first-order chi connectivity index (χ1) is 14.0. The summed E-state index contributed by atoms with van der Waals surface area (Å²) in [5, 5.41) is 2.86. The number of benzene rings is 1. The molecule has 1 aromatic carbocycles. The van der Waals surface area contributed by atoms with Crippen LogP contribution in [0.5, 0.6) is 0 Å². The number of aromatic nitrogens is 1. The van der Waals surface area contributed by atoms with Gasteiger partial charge >= 0.3 is 0 Å². The predicted octanol–water partition coefficient (Wildman–Crippen LogP) is 4.44. The van der Waals surface area contributed by atoms with Crippen LogP contribution in [0.15, 0.2) is 42.5 Å². The smallest absolute Gasteiger partial charge is 0.274 e. The van der Waals surface area contributed by atoms with E-state index in [1.54, 1.807) is 23.1 Å². The van der Waals surface area contributed by atoms with Gasteiger partial charge in [0.2, 0.25) is 0 Å². The van der Waals surface area contributed by atoms with Gasteiger partial charge in [0.15, 0.2) is 0 Å². The minimum atomic E-state index is -0.326. The molecule has 0 spiro atoms. The summed E-state index contributed by atoms with van der Waals surface area (Å²) >= 11 is 0. The number of nitrogens with one attached hydrogen (secondary N) is 1. The van der Waals surface area contributed by atoms with Crippen LogP contribution in [0, 0.1) is 0 Å². The van der Waals surface area contributed by atoms with Crippen LogP contribution in [0.4, 0.5) is 11.4 Å². The Morgan fingerprint density at radius 3 is 2.00 bits per heavy atom. The van der Waals surface area contributed by atoms with Crippen LogP contribution in [-0.4, -0.2) is 47.9 Å². The fourth-order valence-electron chi connectivity index (χ4n) is 3.24. The van der Waals surface area contributed by atoms with Gasteiger partial charge in [-0.15, -0.1) is 0 Å². The predicted molar refractivity (Wildman–Crippen MR) is 119 cm³/mol. The van der Waals surface area contributed by atoms with Gasteiger partial charge in [-0.05, 0) is 63.1 Å². The van der Waals surface area contributed by atoms with Gasteiger partial charge in [0.25, 0.3) is 11.8 Å². The monoisotopic (exact) mass is 396 g/mol. The van der Waals surface area contributed by atoms with Crippen molar-refractivity contribution >= 4 is 23.2 Å². The molecule has 0 saturated heterocycles. The highest BCUT2D eigenvalue weighted by atomic mass is 16.2. The van der Waals surface area contributed by atoms with E-state index in [0.717, 1.165) is 31.6 Å². The van der Waals surface area contributed by atoms with E-state index in [1.165, 1.54) is 0 Å². The molecule has 0 unspecified atom stereocenters. The van der Waals surface area contributed by atoms with E-state index in [2.05, 4.69) is 29.0 Å². The van der Waals surface area contributed by atoms with Gasteiger partial charge in [0.05, 0.1) is 0 Å². The van der Waals surface area contributed by atoms with Crippen molar-refractivity contribution in [3.8, 4) is 0 Å². The molecule has 1 heterocycles. The zero-order valence-corrected chi connectivity index (χ0v) is 17.9. The van der Waals surface area contributed by atoms with Crippen LogP contribution in [0.1, 0.15) is 61.5 Å². The zero-order valence-electron chi connectivity index (χ0n) is 17.9. The summed E-state index contributed by atoms with van der Waals surface area (Å²) in [5.41, 5.74) is 2.35. The highest BCUT2D eigenvalue weighted by Gasteiger charge is 2.17. The molecule has 0 atom stereocenters. The third kappa shape index (κ3) is 6.04. The zero-order chi connectivity index (χ0) is 21.2. The fraction of sp³-hybridized carbons (Fsp3) is 0.435. The standard InChI is InChI=1S/C23H32N4O2/c1-5-16-27(17-6-2)23(29)21-11-9-10-20(25-21)22(28)24-18-12-14-19(15-13-18)26(7-3)8-4/h9-15H,5-8,16-17H2,1-4H3,(H,24,28). The second-order valence-corrected chi connectivity index (χ2v) is 6.87. The van der Waals surface area contributed by atoms with E-state index in [4.69, 9.17) is 0 Å². The Bertz CT molecular complexity index is 795. The Morgan fingerprint density at radius 2 is 1.45 bits per heavy atom. The minimum Gasteiger partial charge on any atom is -0.372 e. The molecule has 156 valence electrons. The molecule has 0 aliphatic carbocycles. The molecule has 0 bridgehead atoms. The second-order valence-electron chi connectivity index (χ2n) is 6.87. The molecule has 0 saturated carbocycles. The molecule has 6 nitrogen and oxygen atoms in total. The van der Waals surface area contributed by atoms with Crippen LogP contribution in [0.3, 0.4) is 0 Å². The molecule has 29 heavy (non-hydrogen) atoms. The summed E-state index contributed by atoms with van der Waals surface area (Å²) in [7, 11) is 0.